The van der Waals surface area contributed by atoms with Gasteiger partial charge in [-0.3, -0.25) is 4.90 Å². The number of piperidine rings is 1. The molecule has 0 bridgehead atoms. The van der Waals surface area contributed by atoms with Crippen molar-refractivity contribution >= 4 is 0 Å². The summed E-state index contributed by atoms with van der Waals surface area (Å²) in [5.41, 5.74) is 0.653. The maximum Gasteiger partial charge on any atom is 0.131 e. The molecule has 1 saturated heterocycles. The Kier molecular flexibility index (Phi) is 3.97. The van der Waals surface area contributed by atoms with E-state index in [2.05, 4.69) is 4.90 Å². The number of β-amino-alcohol motifs (C(OH)–C–C–N with tert-alkyl or cyclic N) is 1. The molecule has 0 aliphatic carbocycles. The summed E-state index contributed by atoms with van der Waals surface area (Å²) in [6.07, 6.45) is 1.55. The topological polar surface area (TPSA) is 32.7 Å². The molecule has 4 heteroatoms. The fourth-order valence-electron chi connectivity index (χ4n) is 2.20. The van der Waals surface area contributed by atoms with Crippen molar-refractivity contribution < 1.29 is 14.2 Å². The first-order valence-corrected chi connectivity index (χ1v) is 5.92. The maximum atomic E-state index is 13.7. The molecule has 1 N–H and O–H groups in total. The first-order valence-electron chi connectivity index (χ1n) is 5.92. The maximum absolute atomic E-state index is 13.7. The Hall–Kier alpha value is -1.13. The third-order valence-electron chi connectivity index (χ3n) is 3.13. The predicted molar refractivity (Wildman–Crippen MR) is 63.5 cm³/mol. The molecule has 0 unspecified atom stereocenters. The summed E-state index contributed by atoms with van der Waals surface area (Å²) in [4.78, 5) is 2.08. The zero-order valence-corrected chi connectivity index (χ0v) is 10.0. The Morgan fingerprint density at radius 2 is 2.35 bits per heavy atom. The van der Waals surface area contributed by atoms with E-state index in [0.717, 1.165) is 19.4 Å². The van der Waals surface area contributed by atoms with Crippen LogP contribution in [0.15, 0.2) is 18.2 Å². The molecule has 17 heavy (non-hydrogen) atoms. The van der Waals surface area contributed by atoms with Gasteiger partial charge in [-0.25, -0.2) is 4.39 Å². The van der Waals surface area contributed by atoms with Gasteiger partial charge in [0, 0.05) is 24.7 Å². The van der Waals surface area contributed by atoms with E-state index in [1.54, 1.807) is 12.1 Å². The summed E-state index contributed by atoms with van der Waals surface area (Å²) in [6, 6.07) is 4.91. The van der Waals surface area contributed by atoms with Gasteiger partial charge < -0.3 is 9.84 Å². The van der Waals surface area contributed by atoms with Crippen LogP contribution in [0.5, 0.6) is 5.75 Å². The number of likely N-dealkylation sites (tertiary alicyclic amines) is 1. The number of hydrogen-bond acceptors (Lipinski definition) is 3. The number of hydrogen-bond donors (Lipinski definition) is 1. The van der Waals surface area contributed by atoms with Gasteiger partial charge in [0.25, 0.3) is 0 Å². The van der Waals surface area contributed by atoms with Gasteiger partial charge in [-0.2, -0.15) is 0 Å². The average Bonchev–Trinajstić information content (AvgIpc) is 2.32. The highest BCUT2D eigenvalue weighted by molar-refractivity contribution is 5.28. The molecule has 0 aromatic heterocycles. The van der Waals surface area contributed by atoms with E-state index in [9.17, 15) is 9.50 Å². The lowest BCUT2D eigenvalue weighted by Gasteiger charge is -2.30. The van der Waals surface area contributed by atoms with Crippen LogP contribution in [-0.2, 0) is 6.54 Å². The van der Waals surface area contributed by atoms with Crippen LogP contribution in [0.25, 0.3) is 0 Å². The lowest BCUT2D eigenvalue weighted by Crippen LogP contribution is -2.37. The minimum absolute atomic E-state index is 0.246. The molecular weight excluding hydrogens is 221 g/mol. The predicted octanol–water partition coefficient (Wildman–Crippen LogP) is 1.79. The quantitative estimate of drug-likeness (QED) is 0.873. The fourth-order valence-corrected chi connectivity index (χ4v) is 2.20. The summed E-state index contributed by atoms with van der Waals surface area (Å²) in [5.74, 6) is 0.286. The van der Waals surface area contributed by atoms with Crippen molar-refractivity contribution in [1.29, 1.82) is 0 Å². The van der Waals surface area contributed by atoms with Crippen molar-refractivity contribution in [2.24, 2.45) is 0 Å². The molecular formula is C13H18FNO2. The first kappa shape index (κ1) is 12.3. The Morgan fingerprint density at radius 1 is 1.53 bits per heavy atom. The molecule has 1 heterocycles. The van der Waals surface area contributed by atoms with Gasteiger partial charge in [-0.15, -0.1) is 0 Å². The van der Waals surface area contributed by atoms with Crippen molar-refractivity contribution in [2.75, 3.05) is 20.2 Å². The molecule has 2 rings (SSSR count). The van der Waals surface area contributed by atoms with Crippen LogP contribution in [0.2, 0.25) is 0 Å². The molecule has 1 aliphatic heterocycles. The number of ether oxygens (including phenoxy) is 1. The van der Waals surface area contributed by atoms with Crippen LogP contribution in [0.3, 0.4) is 0 Å². The van der Waals surface area contributed by atoms with E-state index in [1.165, 1.54) is 13.2 Å². The minimum Gasteiger partial charge on any atom is -0.497 e. The summed E-state index contributed by atoms with van der Waals surface area (Å²) in [7, 11) is 1.52. The molecule has 3 nitrogen and oxygen atoms in total. The molecule has 94 valence electrons. The van der Waals surface area contributed by atoms with Gasteiger partial charge in [0.2, 0.25) is 0 Å². The number of aliphatic hydroxyl groups is 1. The van der Waals surface area contributed by atoms with E-state index in [0.29, 0.717) is 24.4 Å². The standard InChI is InChI=1S/C13H18FNO2/c1-17-12-5-4-10(13(14)7-12)8-15-6-2-3-11(16)9-15/h4-5,7,11,16H,2-3,6,8-9H2,1H3/t11-/m0/s1. The fraction of sp³-hybridized carbons (Fsp3) is 0.538. The van der Waals surface area contributed by atoms with Crippen molar-refractivity contribution in [2.45, 2.75) is 25.5 Å². The smallest absolute Gasteiger partial charge is 0.131 e. The highest BCUT2D eigenvalue weighted by atomic mass is 19.1. The third-order valence-corrected chi connectivity index (χ3v) is 3.13. The molecule has 1 atom stereocenters. The number of rotatable bonds is 3. The van der Waals surface area contributed by atoms with Gasteiger partial charge in [-0.1, -0.05) is 6.07 Å². The Morgan fingerprint density at radius 3 is 3.00 bits per heavy atom. The second-order valence-electron chi connectivity index (χ2n) is 4.49. The number of aliphatic hydroxyl groups excluding tert-OH is 1. The highest BCUT2D eigenvalue weighted by Gasteiger charge is 2.18. The zero-order valence-electron chi connectivity index (χ0n) is 10.0. The second kappa shape index (κ2) is 5.47. The van der Waals surface area contributed by atoms with E-state index < -0.39 is 0 Å². The largest absolute Gasteiger partial charge is 0.497 e. The van der Waals surface area contributed by atoms with Crippen molar-refractivity contribution in [3.8, 4) is 5.75 Å². The second-order valence-corrected chi connectivity index (χ2v) is 4.49. The summed E-state index contributed by atoms with van der Waals surface area (Å²) < 4.78 is 18.7. The lowest BCUT2D eigenvalue weighted by molar-refractivity contribution is 0.0662. The normalized spacial score (nSPS) is 21.5. The van der Waals surface area contributed by atoms with E-state index in [-0.39, 0.29) is 11.9 Å². The number of benzene rings is 1. The number of methoxy groups -OCH3 is 1. The Labute approximate surface area is 101 Å². The molecule has 1 fully saturated rings. The van der Waals surface area contributed by atoms with Crippen molar-refractivity contribution in [3.05, 3.63) is 29.6 Å². The molecule has 1 aromatic rings. The van der Waals surface area contributed by atoms with Crippen LogP contribution in [0.1, 0.15) is 18.4 Å². The Bertz CT molecular complexity index is 384. The SMILES string of the molecule is COc1ccc(CN2CCC[C@H](O)C2)c(F)c1. The molecule has 0 spiro atoms. The van der Waals surface area contributed by atoms with E-state index in [4.69, 9.17) is 4.74 Å². The summed E-state index contributed by atoms with van der Waals surface area (Å²) in [6.45, 7) is 2.10. The van der Waals surface area contributed by atoms with E-state index in [1.807, 2.05) is 0 Å². The number of halogens is 1. The number of nitrogens with zero attached hydrogens (tertiary/aromatic N) is 1. The first-order chi connectivity index (χ1) is 8.19. The molecule has 0 amide bonds. The van der Waals surface area contributed by atoms with Crippen LogP contribution in [0, 0.1) is 5.82 Å². The van der Waals surface area contributed by atoms with Gasteiger partial charge in [0.05, 0.1) is 13.2 Å². The van der Waals surface area contributed by atoms with Crippen molar-refractivity contribution in [3.63, 3.8) is 0 Å². The molecule has 1 aromatic carbocycles. The van der Waals surface area contributed by atoms with Gasteiger partial charge in [0.1, 0.15) is 11.6 Å². The highest BCUT2D eigenvalue weighted by Crippen LogP contribution is 2.19. The zero-order chi connectivity index (χ0) is 12.3. The van der Waals surface area contributed by atoms with Crippen LogP contribution >= 0.6 is 0 Å². The monoisotopic (exact) mass is 239 g/mol. The summed E-state index contributed by atoms with van der Waals surface area (Å²) >= 11 is 0. The minimum atomic E-state index is -0.273. The van der Waals surface area contributed by atoms with Crippen molar-refractivity contribution in [1.82, 2.24) is 4.90 Å². The van der Waals surface area contributed by atoms with Gasteiger partial charge in [-0.05, 0) is 25.5 Å². The summed E-state index contributed by atoms with van der Waals surface area (Å²) in [5, 5.41) is 9.55. The van der Waals surface area contributed by atoms with Gasteiger partial charge in [0.15, 0.2) is 0 Å². The van der Waals surface area contributed by atoms with E-state index >= 15 is 0 Å². The van der Waals surface area contributed by atoms with Crippen LogP contribution in [-0.4, -0.2) is 36.3 Å². The Balaban J connectivity index is 2.02. The molecule has 0 radical (unpaired) electrons. The van der Waals surface area contributed by atoms with Crippen LogP contribution in [0.4, 0.5) is 4.39 Å². The average molecular weight is 239 g/mol. The molecule has 1 aliphatic rings. The molecule has 0 saturated carbocycles. The van der Waals surface area contributed by atoms with Crippen LogP contribution < -0.4 is 4.74 Å². The third kappa shape index (κ3) is 3.17. The lowest BCUT2D eigenvalue weighted by atomic mass is 10.1. The van der Waals surface area contributed by atoms with Gasteiger partial charge >= 0.3 is 0 Å².